The number of carbonyl (C=O) groups excluding carboxylic acids is 1. The number of pyridine rings is 1. The average Bonchev–Trinajstić information content (AvgIpc) is 3.09. The van der Waals surface area contributed by atoms with Crippen LogP contribution in [0.5, 0.6) is 0 Å². The van der Waals surface area contributed by atoms with Crippen molar-refractivity contribution in [2.45, 2.75) is 17.5 Å². The minimum atomic E-state index is -1.09. The molecule has 1 aliphatic rings. The Hall–Kier alpha value is -3.01. The Bertz CT molecular complexity index is 1280. The van der Waals surface area contributed by atoms with Crippen LogP contribution >= 0.6 is 11.8 Å². The lowest BCUT2D eigenvalue weighted by Crippen LogP contribution is -2.15. The predicted molar refractivity (Wildman–Crippen MR) is 104 cm³/mol. The first-order valence-electron chi connectivity index (χ1n) is 8.80. The first-order valence-corrected chi connectivity index (χ1v) is 10.0. The summed E-state index contributed by atoms with van der Waals surface area (Å²) in [5.41, 5.74) is 1.81. The van der Waals surface area contributed by atoms with E-state index in [0.29, 0.717) is 27.8 Å². The van der Waals surface area contributed by atoms with Crippen molar-refractivity contribution in [2.75, 3.05) is 11.6 Å². The number of H-pyrrole nitrogens is 1. The van der Waals surface area contributed by atoms with Gasteiger partial charge in [-0.2, -0.15) is 10.2 Å². The number of amides is 1. The molecule has 1 aromatic carbocycles. The standard InChI is InChI=1S/C19H14F3N5OS/c1-29-18-14(11-7-23-25-17(11)15(21)16(18)22)8-2-3-27-9(4-8)5-13(26-27)24-19(28)10-6-12(10)20/h2-5,7,10,12H,6H2,1H3,(H,23,25)(H,24,26,28)/t10-,12+/m1/s1. The van der Waals surface area contributed by atoms with E-state index in [-0.39, 0.29) is 16.8 Å². The molecule has 3 heterocycles. The third kappa shape index (κ3) is 2.86. The van der Waals surface area contributed by atoms with E-state index in [1.807, 2.05) is 0 Å². The fourth-order valence-corrected chi connectivity index (χ4v) is 4.13. The zero-order chi connectivity index (χ0) is 20.3. The maximum atomic E-state index is 14.6. The van der Waals surface area contributed by atoms with Crippen molar-refractivity contribution in [3.8, 4) is 11.1 Å². The van der Waals surface area contributed by atoms with Crippen LogP contribution in [0.2, 0.25) is 0 Å². The number of alkyl halides is 1. The molecule has 0 spiro atoms. The second-order valence-electron chi connectivity index (χ2n) is 6.86. The summed E-state index contributed by atoms with van der Waals surface area (Å²) in [6.07, 6.45) is 3.94. The highest BCUT2D eigenvalue weighted by molar-refractivity contribution is 7.98. The molecule has 29 heavy (non-hydrogen) atoms. The van der Waals surface area contributed by atoms with Crippen molar-refractivity contribution in [2.24, 2.45) is 5.92 Å². The van der Waals surface area contributed by atoms with Gasteiger partial charge in [0.25, 0.3) is 0 Å². The monoisotopic (exact) mass is 417 g/mol. The van der Waals surface area contributed by atoms with E-state index in [4.69, 9.17) is 0 Å². The first kappa shape index (κ1) is 18.0. The van der Waals surface area contributed by atoms with Crippen LogP contribution in [0.15, 0.2) is 35.5 Å². The number of thioether (sulfide) groups is 1. The van der Waals surface area contributed by atoms with Crippen LogP contribution in [0.3, 0.4) is 0 Å². The van der Waals surface area contributed by atoms with Crippen molar-refractivity contribution in [1.82, 2.24) is 19.8 Å². The molecule has 1 saturated carbocycles. The average molecular weight is 417 g/mol. The lowest BCUT2D eigenvalue weighted by molar-refractivity contribution is -0.117. The molecule has 0 radical (unpaired) electrons. The van der Waals surface area contributed by atoms with Crippen molar-refractivity contribution in [3.05, 3.63) is 42.2 Å². The SMILES string of the molecule is CSc1c(F)c(F)c2[nH]ncc2c1-c1ccn2nc(NC(=O)[C@@H]3C[C@@H]3F)cc2c1. The number of hydrogen-bond acceptors (Lipinski definition) is 4. The van der Waals surface area contributed by atoms with Crippen LogP contribution in [0.4, 0.5) is 19.0 Å². The highest BCUT2D eigenvalue weighted by Gasteiger charge is 2.43. The van der Waals surface area contributed by atoms with Gasteiger partial charge in [0.05, 0.1) is 22.5 Å². The van der Waals surface area contributed by atoms with Crippen LogP contribution in [0, 0.1) is 17.6 Å². The Balaban J connectivity index is 1.60. The summed E-state index contributed by atoms with van der Waals surface area (Å²) < 4.78 is 43.5. The fourth-order valence-electron chi connectivity index (χ4n) is 3.43. The first-order chi connectivity index (χ1) is 14.0. The number of carbonyl (C=O) groups is 1. The molecule has 2 N–H and O–H groups in total. The number of nitrogens with zero attached hydrogens (tertiary/aromatic N) is 3. The smallest absolute Gasteiger partial charge is 0.231 e. The topological polar surface area (TPSA) is 75.1 Å². The number of aromatic amines is 1. The lowest BCUT2D eigenvalue weighted by atomic mass is 10.0. The molecular weight excluding hydrogens is 403 g/mol. The Morgan fingerprint density at radius 1 is 1.34 bits per heavy atom. The summed E-state index contributed by atoms with van der Waals surface area (Å²) in [7, 11) is 0. The van der Waals surface area contributed by atoms with Gasteiger partial charge in [0.15, 0.2) is 17.5 Å². The molecule has 1 fully saturated rings. The van der Waals surface area contributed by atoms with Crippen LogP contribution < -0.4 is 5.32 Å². The molecule has 148 valence electrons. The maximum Gasteiger partial charge on any atom is 0.231 e. The fraction of sp³-hybridized carbons (Fsp3) is 0.211. The number of hydrogen-bond donors (Lipinski definition) is 2. The third-order valence-electron chi connectivity index (χ3n) is 5.00. The quantitative estimate of drug-likeness (QED) is 0.489. The molecule has 0 aliphatic heterocycles. The summed E-state index contributed by atoms with van der Waals surface area (Å²) in [5.74, 6) is -2.61. The zero-order valence-electron chi connectivity index (χ0n) is 15.0. The van der Waals surface area contributed by atoms with Gasteiger partial charge in [-0.1, -0.05) is 0 Å². The van der Waals surface area contributed by atoms with Gasteiger partial charge in [-0.05, 0) is 30.4 Å². The highest BCUT2D eigenvalue weighted by atomic mass is 32.2. The van der Waals surface area contributed by atoms with Gasteiger partial charge in [-0.15, -0.1) is 11.8 Å². The number of nitrogens with one attached hydrogen (secondary N) is 2. The Morgan fingerprint density at radius 3 is 2.86 bits per heavy atom. The molecule has 1 aliphatic carbocycles. The second-order valence-corrected chi connectivity index (χ2v) is 7.67. The number of halogens is 3. The summed E-state index contributed by atoms with van der Waals surface area (Å²) in [6, 6.07) is 5.13. The lowest BCUT2D eigenvalue weighted by Gasteiger charge is -2.12. The molecule has 4 aromatic rings. The molecule has 0 bridgehead atoms. The number of anilines is 1. The normalized spacial score (nSPS) is 18.5. The third-order valence-corrected chi connectivity index (χ3v) is 5.80. The largest absolute Gasteiger partial charge is 0.309 e. The molecule has 10 heteroatoms. The van der Waals surface area contributed by atoms with Crippen molar-refractivity contribution < 1.29 is 18.0 Å². The molecule has 6 nitrogen and oxygen atoms in total. The van der Waals surface area contributed by atoms with Gasteiger partial charge < -0.3 is 5.32 Å². The molecular formula is C19H14F3N5OS. The molecule has 2 atom stereocenters. The second kappa shape index (κ2) is 6.51. The summed E-state index contributed by atoms with van der Waals surface area (Å²) >= 11 is 1.11. The van der Waals surface area contributed by atoms with E-state index < -0.39 is 29.6 Å². The van der Waals surface area contributed by atoms with E-state index in [0.717, 1.165) is 11.8 Å². The van der Waals surface area contributed by atoms with Crippen LogP contribution in [0.1, 0.15) is 6.42 Å². The summed E-state index contributed by atoms with van der Waals surface area (Å²) in [5, 5.41) is 13.7. The van der Waals surface area contributed by atoms with E-state index in [2.05, 4.69) is 20.6 Å². The van der Waals surface area contributed by atoms with Gasteiger partial charge in [-0.3, -0.25) is 9.89 Å². The Kier molecular flexibility index (Phi) is 4.05. The van der Waals surface area contributed by atoms with E-state index in [1.165, 1.54) is 6.20 Å². The summed E-state index contributed by atoms with van der Waals surface area (Å²) in [4.78, 5) is 12.1. The van der Waals surface area contributed by atoms with Crippen LogP contribution in [0.25, 0.3) is 27.5 Å². The molecule has 0 saturated heterocycles. The van der Waals surface area contributed by atoms with Crippen molar-refractivity contribution in [3.63, 3.8) is 0 Å². The van der Waals surface area contributed by atoms with Crippen molar-refractivity contribution in [1.29, 1.82) is 0 Å². The zero-order valence-corrected chi connectivity index (χ0v) is 15.9. The van der Waals surface area contributed by atoms with Crippen LogP contribution in [-0.4, -0.2) is 38.1 Å². The van der Waals surface area contributed by atoms with Gasteiger partial charge in [0.2, 0.25) is 5.91 Å². The minimum absolute atomic E-state index is 0.00171. The molecule has 1 amide bonds. The van der Waals surface area contributed by atoms with E-state index in [9.17, 15) is 18.0 Å². The van der Waals surface area contributed by atoms with E-state index in [1.54, 1.807) is 35.2 Å². The van der Waals surface area contributed by atoms with Gasteiger partial charge >= 0.3 is 0 Å². The van der Waals surface area contributed by atoms with Gasteiger partial charge in [-0.25, -0.2) is 17.7 Å². The number of fused-ring (bicyclic) bond motifs is 2. The predicted octanol–water partition coefficient (Wildman–Crippen LogP) is 4.17. The Morgan fingerprint density at radius 2 is 2.14 bits per heavy atom. The van der Waals surface area contributed by atoms with Gasteiger partial charge in [0.1, 0.15) is 11.7 Å². The van der Waals surface area contributed by atoms with E-state index >= 15 is 0 Å². The number of rotatable bonds is 4. The molecule has 0 unspecified atom stereocenters. The highest BCUT2D eigenvalue weighted by Crippen LogP contribution is 2.40. The molecule has 5 rings (SSSR count). The number of aromatic nitrogens is 4. The number of benzene rings is 1. The van der Waals surface area contributed by atoms with Crippen LogP contribution in [-0.2, 0) is 4.79 Å². The summed E-state index contributed by atoms with van der Waals surface area (Å²) in [6.45, 7) is 0. The Labute approximate surface area is 166 Å². The van der Waals surface area contributed by atoms with Crippen molar-refractivity contribution >= 4 is 39.9 Å². The molecule has 3 aromatic heterocycles. The minimum Gasteiger partial charge on any atom is -0.309 e. The van der Waals surface area contributed by atoms with Gasteiger partial charge in [0, 0.05) is 23.2 Å². The maximum absolute atomic E-state index is 14.6.